The number of hydrogen-bond acceptors (Lipinski definition) is 1. The van der Waals surface area contributed by atoms with E-state index in [9.17, 15) is 4.79 Å². The van der Waals surface area contributed by atoms with E-state index in [0.29, 0.717) is 10.4 Å². The Morgan fingerprint density at radius 2 is 1.82 bits per heavy atom. The van der Waals surface area contributed by atoms with Crippen molar-refractivity contribution in [1.29, 1.82) is 0 Å². The van der Waals surface area contributed by atoms with E-state index in [1.54, 1.807) is 10.6 Å². The lowest BCUT2D eigenvalue weighted by molar-refractivity contribution is 0.385. The maximum atomic E-state index is 12.4. The molecule has 3 heteroatoms. The number of fused-ring (bicyclic) bond motifs is 1. The highest BCUT2D eigenvalue weighted by Crippen LogP contribution is 2.21. The van der Waals surface area contributed by atoms with Crippen LogP contribution in [0.2, 0.25) is 5.02 Å². The molecule has 0 N–H and O–H groups in total. The summed E-state index contributed by atoms with van der Waals surface area (Å²) in [5.74, 6) is 0. The summed E-state index contributed by atoms with van der Waals surface area (Å²) in [5, 5.41) is 2.26. The van der Waals surface area contributed by atoms with Gasteiger partial charge in [-0.15, -0.1) is 0 Å². The summed E-state index contributed by atoms with van der Waals surface area (Å²) in [6, 6.07) is 5.47. The lowest BCUT2D eigenvalue weighted by atomic mass is 10.0. The lowest BCUT2D eigenvalue weighted by Gasteiger charge is -2.23. The molecule has 0 aliphatic rings. The monoisotopic (exact) mass is 249 g/mol. The van der Waals surface area contributed by atoms with E-state index < -0.39 is 0 Å². The average molecular weight is 250 g/mol. The standard InChI is InChI=1S/C14H16ClNO/c1-9-8-16(14(2,3)4)13(17)12-7-10(15)5-6-11(9)12/h5-8H,1-4H3. The second kappa shape index (κ2) is 3.88. The molecule has 0 fully saturated rings. The number of pyridine rings is 1. The molecule has 1 heterocycles. The van der Waals surface area contributed by atoms with Crippen molar-refractivity contribution in [3.8, 4) is 0 Å². The van der Waals surface area contributed by atoms with Gasteiger partial charge in [0.2, 0.25) is 0 Å². The summed E-state index contributed by atoms with van der Waals surface area (Å²) in [5.41, 5.74) is 0.880. The SMILES string of the molecule is Cc1cn(C(C)(C)C)c(=O)c2cc(Cl)ccc12. The molecule has 0 bridgehead atoms. The first-order valence-electron chi connectivity index (χ1n) is 5.63. The Bertz CT molecular complexity index is 635. The topological polar surface area (TPSA) is 22.0 Å². The Morgan fingerprint density at radius 1 is 1.18 bits per heavy atom. The first-order valence-corrected chi connectivity index (χ1v) is 6.00. The summed E-state index contributed by atoms with van der Waals surface area (Å²) in [6.45, 7) is 8.07. The fourth-order valence-electron chi connectivity index (χ4n) is 1.99. The van der Waals surface area contributed by atoms with Crippen LogP contribution in [0.25, 0.3) is 10.8 Å². The van der Waals surface area contributed by atoms with Gasteiger partial charge >= 0.3 is 0 Å². The van der Waals surface area contributed by atoms with Crippen LogP contribution in [0.15, 0.2) is 29.2 Å². The highest BCUT2D eigenvalue weighted by molar-refractivity contribution is 6.31. The largest absolute Gasteiger partial charge is 0.309 e. The highest BCUT2D eigenvalue weighted by atomic mass is 35.5. The van der Waals surface area contributed by atoms with Crippen molar-refractivity contribution < 1.29 is 0 Å². The number of halogens is 1. The minimum atomic E-state index is -0.224. The maximum Gasteiger partial charge on any atom is 0.258 e. The van der Waals surface area contributed by atoms with E-state index in [1.165, 1.54) is 0 Å². The van der Waals surface area contributed by atoms with E-state index in [0.717, 1.165) is 10.9 Å². The molecule has 0 saturated carbocycles. The Balaban J connectivity index is 2.93. The van der Waals surface area contributed by atoms with Gasteiger partial charge in [-0.2, -0.15) is 0 Å². The quantitative estimate of drug-likeness (QED) is 0.698. The minimum Gasteiger partial charge on any atom is -0.309 e. The van der Waals surface area contributed by atoms with Gasteiger partial charge in [-0.1, -0.05) is 17.7 Å². The van der Waals surface area contributed by atoms with E-state index >= 15 is 0 Å². The van der Waals surface area contributed by atoms with Crippen LogP contribution in [0.4, 0.5) is 0 Å². The van der Waals surface area contributed by atoms with Gasteiger partial charge in [0.15, 0.2) is 0 Å². The van der Waals surface area contributed by atoms with Crippen LogP contribution < -0.4 is 5.56 Å². The van der Waals surface area contributed by atoms with Crippen LogP contribution in [0.5, 0.6) is 0 Å². The number of benzene rings is 1. The van der Waals surface area contributed by atoms with Gasteiger partial charge < -0.3 is 4.57 Å². The molecule has 2 nitrogen and oxygen atoms in total. The molecule has 2 rings (SSSR count). The van der Waals surface area contributed by atoms with E-state index in [4.69, 9.17) is 11.6 Å². The number of hydrogen-bond donors (Lipinski definition) is 0. The smallest absolute Gasteiger partial charge is 0.258 e. The molecule has 0 spiro atoms. The molecular formula is C14H16ClNO. The van der Waals surface area contributed by atoms with E-state index in [2.05, 4.69) is 0 Å². The third kappa shape index (κ3) is 2.09. The predicted molar refractivity (Wildman–Crippen MR) is 73.0 cm³/mol. The van der Waals surface area contributed by atoms with Gasteiger partial charge in [0.25, 0.3) is 5.56 Å². The molecule has 1 aromatic heterocycles. The number of rotatable bonds is 0. The lowest BCUT2D eigenvalue weighted by Crippen LogP contribution is -2.33. The van der Waals surface area contributed by atoms with E-state index in [1.807, 2.05) is 46.0 Å². The van der Waals surface area contributed by atoms with Crippen LogP contribution in [0.3, 0.4) is 0 Å². The second-order valence-electron chi connectivity index (χ2n) is 5.35. The molecule has 0 saturated heterocycles. The van der Waals surface area contributed by atoms with Crippen molar-refractivity contribution >= 4 is 22.4 Å². The molecule has 90 valence electrons. The zero-order valence-corrected chi connectivity index (χ0v) is 11.3. The summed E-state index contributed by atoms with van der Waals surface area (Å²) in [6.07, 6.45) is 1.92. The first-order chi connectivity index (χ1) is 7.80. The predicted octanol–water partition coefficient (Wildman–Crippen LogP) is 3.72. The fraction of sp³-hybridized carbons (Fsp3) is 0.357. The molecule has 0 atom stereocenters. The van der Waals surface area contributed by atoms with Crippen LogP contribution in [-0.4, -0.2) is 4.57 Å². The van der Waals surface area contributed by atoms with Crippen molar-refractivity contribution in [1.82, 2.24) is 4.57 Å². The summed E-state index contributed by atoms with van der Waals surface area (Å²) in [7, 11) is 0. The fourth-order valence-corrected chi connectivity index (χ4v) is 2.16. The normalized spacial score (nSPS) is 12.1. The van der Waals surface area contributed by atoms with Crippen molar-refractivity contribution in [2.24, 2.45) is 0 Å². The van der Waals surface area contributed by atoms with Gasteiger partial charge in [-0.3, -0.25) is 4.79 Å². The third-order valence-electron chi connectivity index (χ3n) is 2.90. The molecule has 0 unspecified atom stereocenters. The highest BCUT2D eigenvalue weighted by Gasteiger charge is 2.17. The van der Waals surface area contributed by atoms with Crippen molar-refractivity contribution in [3.05, 3.63) is 45.3 Å². The molecule has 17 heavy (non-hydrogen) atoms. The molecular weight excluding hydrogens is 234 g/mol. The van der Waals surface area contributed by atoms with Gasteiger partial charge in [0.1, 0.15) is 0 Å². The van der Waals surface area contributed by atoms with Crippen LogP contribution in [-0.2, 0) is 5.54 Å². The van der Waals surface area contributed by atoms with Crippen LogP contribution in [0, 0.1) is 6.92 Å². The van der Waals surface area contributed by atoms with Gasteiger partial charge in [0.05, 0.1) is 0 Å². The molecule has 2 aromatic rings. The van der Waals surface area contributed by atoms with Crippen LogP contribution in [0.1, 0.15) is 26.3 Å². The molecule has 0 aliphatic heterocycles. The third-order valence-corrected chi connectivity index (χ3v) is 3.14. The molecule has 0 radical (unpaired) electrons. The van der Waals surface area contributed by atoms with Gasteiger partial charge in [-0.25, -0.2) is 0 Å². The zero-order valence-electron chi connectivity index (χ0n) is 10.5. The first kappa shape index (κ1) is 12.2. The average Bonchev–Trinajstić information content (AvgIpc) is 2.21. The summed E-state index contributed by atoms with van der Waals surface area (Å²) < 4.78 is 1.76. The van der Waals surface area contributed by atoms with Crippen LogP contribution >= 0.6 is 11.6 Å². The summed E-state index contributed by atoms with van der Waals surface area (Å²) in [4.78, 5) is 12.4. The Morgan fingerprint density at radius 3 is 2.41 bits per heavy atom. The second-order valence-corrected chi connectivity index (χ2v) is 5.78. The zero-order chi connectivity index (χ0) is 12.8. The number of aryl methyl sites for hydroxylation is 1. The van der Waals surface area contributed by atoms with Crippen molar-refractivity contribution in [2.45, 2.75) is 33.2 Å². The Kier molecular flexibility index (Phi) is 2.78. The molecule has 0 amide bonds. The number of aromatic nitrogens is 1. The van der Waals surface area contributed by atoms with Gasteiger partial charge in [-0.05, 0) is 50.8 Å². The maximum absolute atomic E-state index is 12.4. The Labute approximate surface area is 106 Å². The van der Waals surface area contributed by atoms with Crippen molar-refractivity contribution in [2.75, 3.05) is 0 Å². The van der Waals surface area contributed by atoms with Gasteiger partial charge in [0, 0.05) is 22.1 Å². The Hall–Kier alpha value is -1.28. The minimum absolute atomic E-state index is 0.0144. The number of nitrogens with zero attached hydrogens (tertiary/aromatic N) is 1. The molecule has 1 aromatic carbocycles. The summed E-state index contributed by atoms with van der Waals surface area (Å²) >= 11 is 5.96. The van der Waals surface area contributed by atoms with E-state index in [-0.39, 0.29) is 11.1 Å². The molecule has 0 aliphatic carbocycles. The van der Waals surface area contributed by atoms with Crippen molar-refractivity contribution in [3.63, 3.8) is 0 Å².